The fourth-order valence-corrected chi connectivity index (χ4v) is 2.90. The molecule has 0 radical (unpaired) electrons. The zero-order valence-corrected chi connectivity index (χ0v) is 12.9. The second kappa shape index (κ2) is 5.38. The number of thiophene rings is 1. The SMILES string of the molecule is Cc1nn(C)c(C)c1C(=O)NC[C@@](C)(O)c1ccsc1. The zero-order valence-electron chi connectivity index (χ0n) is 12.1. The van der Waals surface area contributed by atoms with Gasteiger partial charge in [0.1, 0.15) is 5.60 Å². The van der Waals surface area contributed by atoms with Crippen molar-refractivity contribution in [3.8, 4) is 0 Å². The van der Waals surface area contributed by atoms with E-state index in [1.165, 1.54) is 11.3 Å². The van der Waals surface area contributed by atoms with Crippen LogP contribution in [0.15, 0.2) is 16.8 Å². The molecule has 2 heterocycles. The van der Waals surface area contributed by atoms with Crippen LogP contribution in [0.4, 0.5) is 0 Å². The third kappa shape index (κ3) is 2.76. The Kier molecular flexibility index (Phi) is 3.96. The van der Waals surface area contributed by atoms with Crippen molar-refractivity contribution in [1.82, 2.24) is 15.1 Å². The molecule has 5 nitrogen and oxygen atoms in total. The predicted molar refractivity (Wildman–Crippen MR) is 78.9 cm³/mol. The highest BCUT2D eigenvalue weighted by Gasteiger charge is 2.25. The molecule has 2 aromatic rings. The maximum Gasteiger partial charge on any atom is 0.255 e. The molecule has 2 aromatic heterocycles. The molecule has 0 fully saturated rings. The van der Waals surface area contributed by atoms with E-state index in [0.29, 0.717) is 11.3 Å². The van der Waals surface area contributed by atoms with Gasteiger partial charge in [0.2, 0.25) is 0 Å². The highest BCUT2D eigenvalue weighted by molar-refractivity contribution is 7.08. The summed E-state index contributed by atoms with van der Waals surface area (Å²) in [5.41, 5.74) is 1.82. The highest BCUT2D eigenvalue weighted by Crippen LogP contribution is 2.22. The molecule has 2 N–H and O–H groups in total. The van der Waals surface area contributed by atoms with Gasteiger partial charge in [0, 0.05) is 12.7 Å². The van der Waals surface area contributed by atoms with Gasteiger partial charge < -0.3 is 10.4 Å². The van der Waals surface area contributed by atoms with Crippen LogP contribution in [0.3, 0.4) is 0 Å². The molecule has 2 rings (SSSR count). The Morgan fingerprint density at radius 1 is 1.55 bits per heavy atom. The summed E-state index contributed by atoms with van der Waals surface area (Å²) in [6.45, 7) is 5.51. The van der Waals surface area contributed by atoms with Crippen LogP contribution in [0.1, 0.15) is 34.2 Å². The Labute approximate surface area is 122 Å². The standard InChI is InChI=1S/C14H19N3O2S/c1-9-12(10(2)17(4)16-9)13(18)15-8-14(3,19)11-5-6-20-7-11/h5-7,19H,8H2,1-4H3,(H,15,18)/t14-/m1/s1. The monoisotopic (exact) mass is 293 g/mol. The lowest BCUT2D eigenvalue weighted by Gasteiger charge is -2.22. The Bertz CT molecular complexity index is 615. The highest BCUT2D eigenvalue weighted by atomic mass is 32.1. The first-order chi connectivity index (χ1) is 9.33. The number of aryl methyl sites for hydroxylation is 2. The number of aromatic nitrogens is 2. The van der Waals surface area contributed by atoms with E-state index in [0.717, 1.165) is 11.3 Å². The summed E-state index contributed by atoms with van der Waals surface area (Å²) in [5.74, 6) is -0.205. The van der Waals surface area contributed by atoms with Gasteiger partial charge in [-0.25, -0.2) is 0 Å². The Balaban J connectivity index is 2.09. The van der Waals surface area contributed by atoms with Crippen molar-refractivity contribution in [3.05, 3.63) is 39.3 Å². The average molecular weight is 293 g/mol. The van der Waals surface area contributed by atoms with E-state index in [2.05, 4.69) is 10.4 Å². The van der Waals surface area contributed by atoms with Crippen molar-refractivity contribution in [2.45, 2.75) is 26.4 Å². The van der Waals surface area contributed by atoms with Crippen molar-refractivity contribution < 1.29 is 9.90 Å². The molecule has 0 aliphatic rings. The third-order valence-corrected chi connectivity index (χ3v) is 4.16. The summed E-state index contributed by atoms with van der Waals surface area (Å²) in [6.07, 6.45) is 0. The van der Waals surface area contributed by atoms with E-state index in [1.807, 2.05) is 23.8 Å². The van der Waals surface area contributed by atoms with Crippen LogP contribution in [-0.2, 0) is 12.6 Å². The van der Waals surface area contributed by atoms with E-state index in [-0.39, 0.29) is 12.5 Å². The smallest absolute Gasteiger partial charge is 0.255 e. The van der Waals surface area contributed by atoms with Crippen LogP contribution in [0.5, 0.6) is 0 Å². The quantitative estimate of drug-likeness (QED) is 0.902. The normalized spacial score (nSPS) is 14.1. The van der Waals surface area contributed by atoms with E-state index in [4.69, 9.17) is 0 Å². The summed E-state index contributed by atoms with van der Waals surface area (Å²) in [5, 5.41) is 21.2. The van der Waals surface area contributed by atoms with Crippen LogP contribution in [0.2, 0.25) is 0 Å². The number of nitrogens with zero attached hydrogens (tertiary/aromatic N) is 2. The largest absolute Gasteiger partial charge is 0.384 e. The van der Waals surface area contributed by atoms with Crippen molar-refractivity contribution in [3.63, 3.8) is 0 Å². The topological polar surface area (TPSA) is 67.2 Å². The van der Waals surface area contributed by atoms with Crippen molar-refractivity contribution in [1.29, 1.82) is 0 Å². The second-order valence-corrected chi connectivity index (χ2v) is 5.92. The number of hydrogen-bond acceptors (Lipinski definition) is 4. The molecule has 1 atom stereocenters. The van der Waals surface area contributed by atoms with Gasteiger partial charge in [-0.05, 0) is 43.2 Å². The lowest BCUT2D eigenvalue weighted by atomic mass is 9.99. The van der Waals surface area contributed by atoms with E-state index >= 15 is 0 Å². The minimum Gasteiger partial charge on any atom is -0.384 e. The minimum atomic E-state index is -1.07. The van der Waals surface area contributed by atoms with E-state index < -0.39 is 5.60 Å². The molecule has 20 heavy (non-hydrogen) atoms. The van der Waals surface area contributed by atoms with Crippen LogP contribution in [0, 0.1) is 13.8 Å². The van der Waals surface area contributed by atoms with Crippen LogP contribution >= 0.6 is 11.3 Å². The maximum absolute atomic E-state index is 12.2. The molecule has 0 unspecified atom stereocenters. The van der Waals surface area contributed by atoms with Gasteiger partial charge >= 0.3 is 0 Å². The molecule has 6 heteroatoms. The molecule has 0 bridgehead atoms. The van der Waals surface area contributed by atoms with Gasteiger partial charge in [0.15, 0.2) is 0 Å². The second-order valence-electron chi connectivity index (χ2n) is 5.14. The number of carbonyl (C=O) groups is 1. The predicted octanol–water partition coefficient (Wildman–Crippen LogP) is 1.74. The molecule has 0 spiro atoms. The van der Waals surface area contributed by atoms with Crippen LogP contribution in [0.25, 0.3) is 0 Å². The number of amides is 1. The number of nitrogens with one attached hydrogen (secondary N) is 1. The Morgan fingerprint density at radius 3 is 2.75 bits per heavy atom. The lowest BCUT2D eigenvalue weighted by molar-refractivity contribution is 0.0529. The van der Waals surface area contributed by atoms with Gasteiger partial charge in [-0.3, -0.25) is 9.48 Å². The number of carbonyl (C=O) groups excluding carboxylic acids is 1. The van der Waals surface area contributed by atoms with Gasteiger partial charge in [0.05, 0.1) is 17.8 Å². The summed E-state index contributed by atoms with van der Waals surface area (Å²) in [4.78, 5) is 12.2. The van der Waals surface area contributed by atoms with Gasteiger partial charge in [-0.1, -0.05) is 0 Å². The van der Waals surface area contributed by atoms with E-state index in [1.54, 1.807) is 25.6 Å². The van der Waals surface area contributed by atoms with Crippen molar-refractivity contribution >= 4 is 17.2 Å². The molecule has 0 aliphatic heterocycles. The minimum absolute atomic E-state index is 0.163. The lowest BCUT2D eigenvalue weighted by Crippen LogP contribution is -2.38. The van der Waals surface area contributed by atoms with Gasteiger partial charge in [0.25, 0.3) is 5.91 Å². The molecule has 0 saturated heterocycles. The van der Waals surface area contributed by atoms with Crippen LogP contribution < -0.4 is 5.32 Å². The van der Waals surface area contributed by atoms with E-state index in [9.17, 15) is 9.90 Å². The maximum atomic E-state index is 12.2. The molecule has 0 saturated carbocycles. The van der Waals surface area contributed by atoms with Crippen LogP contribution in [-0.4, -0.2) is 27.3 Å². The average Bonchev–Trinajstić information content (AvgIpc) is 2.97. The number of rotatable bonds is 4. The molecule has 0 aliphatic carbocycles. The zero-order chi connectivity index (χ0) is 14.9. The van der Waals surface area contributed by atoms with Crippen molar-refractivity contribution in [2.75, 3.05) is 6.54 Å². The Morgan fingerprint density at radius 2 is 2.25 bits per heavy atom. The number of aliphatic hydroxyl groups is 1. The summed E-state index contributed by atoms with van der Waals surface area (Å²) in [7, 11) is 1.81. The molecule has 108 valence electrons. The molecular formula is C14H19N3O2S. The van der Waals surface area contributed by atoms with Gasteiger partial charge in [-0.2, -0.15) is 16.4 Å². The summed E-state index contributed by atoms with van der Waals surface area (Å²) in [6, 6.07) is 1.86. The summed E-state index contributed by atoms with van der Waals surface area (Å²) >= 11 is 1.52. The summed E-state index contributed by atoms with van der Waals surface area (Å²) < 4.78 is 1.68. The van der Waals surface area contributed by atoms with Gasteiger partial charge in [-0.15, -0.1) is 0 Å². The van der Waals surface area contributed by atoms with Crippen molar-refractivity contribution in [2.24, 2.45) is 7.05 Å². The number of hydrogen-bond donors (Lipinski definition) is 2. The Hall–Kier alpha value is -1.66. The first-order valence-electron chi connectivity index (χ1n) is 6.36. The molecule has 1 amide bonds. The fourth-order valence-electron chi connectivity index (χ4n) is 2.12. The molecular weight excluding hydrogens is 274 g/mol. The third-order valence-electron chi connectivity index (χ3n) is 3.47. The first kappa shape index (κ1) is 14.7. The fraction of sp³-hybridized carbons (Fsp3) is 0.429. The molecule has 0 aromatic carbocycles. The first-order valence-corrected chi connectivity index (χ1v) is 7.30.